The van der Waals surface area contributed by atoms with Gasteiger partial charge in [0.2, 0.25) is 5.91 Å². The van der Waals surface area contributed by atoms with E-state index in [0.717, 1.165) is 25.9 Å². The van der Waals surface area contributed by atoms with Gasteiger partial charge < -0.3 is 10.6 Å². The fourth-order valence-corrected chi connectivity index (χ4v) is 1.53. The van der Waals surface area contributed by atoms with Crippen molar-refractivity contribution < 1.29 is 4.79 Å². The van der Waals surface area contributed by atoms with Crippen molar-refractivity contribution in [3.63, 3.8) is 0 Å². The topological polar surface area (TPSA) is 41.1 Å². The highest BCUT2D eigenvalue weighted by Crippen LogP contribution is 2.06. The monoisotopic (exact) mass is 184 g/mol. The first kappa shape index (κ1) is 10.5. The average Bonchev–Trinajstić information content (AvgIpc) is 2.56. The van der Waals surface area contributed by atoms with Crippen LogP contribution in [0.3, 0.4) is 0 Å². The zero-order valence-corrected chi connectivity index (χ0v) is 8.60. The van der Waals surface area contributed by atoms with Crippen LogP contribution in [0.25, 0.3) is 0 Å². The summed E-state index contributed by atoms with van der Waals surface area (Å²) in [5.74, 6) is 0.720. The Morgan fingerprint density at radius 2 is 2.46 bits per heavy atom. The minimum Gasteiger partial charge on any atom is -0.352 e. The number of hydrogen-bond acceptors (Lipinski definition) is 2. The van der Waals surface area contributed by atoms with Crippen LogP contribution in [0.1, 0.15) is 33.1 Å². The summed E-state index contributed by atoms with van der Waals surface area (Å²) in [5, 5.41) is 6.27. The maximum atomic E-state index is 11.4. The van der Waals surface area contributed by atoms with Crippen LogP contribution in [0.15, 0.2) is 0 Å². The van der Waals surface area contributed by atoms with E-state index in [0.29, 0.717) is 18.4 Å². The van der Waals surface area contributed by atoms with Crippen molar-refractivity contribution in [2.75, 3.05) is 13.1 Å². The van der Waals surface area contributed by atoms with Crippen molar-refractivity contribution in [1.29, 1.82) is 0 Å². The van der Waals surface area contributed by atoms with Crippen molar-refractivity contribution in [2.45, 2.75) is 39.2 Å². The van der Waals surface area contributed by atoms with E-state index in [1.807, 2.05) is 0 Å². The first-order valence-electron chi connectivity index (χ1n) is 5.22. The molecule has 1 rings (SSSR count). The van der Waals surface area contributed by atoms with Crippen LogP contribution in [0, 0.1) is 5.92 Å². The first-order valence-corrected chi connectivity index (χ1v) is 5.22. The van der Waals surface area contributed by atoms with Crippen LogP contribution in [0.4, 0.5) is 0 Å². The molecular formula is C10H20N2O. The van der Waals surface area contributed by atoms with Gasteiger partial charge in [0.15, 0.2) is 0 Å². The van der Waals surface area contributed by atoms with Gasteiger partial charge in [-0.05, 0) is 18.9 Å². The molecule has 13 heavy (non-hydrogen) atoms. The maximum absolute atomic E-state index is 11.4. The molecule has 0 bridgehead atoms. The predicted octanol–water partition coefficient (Wildman–Crippen LogP) is 0.901. The fourth-order valence-electron chi connectivity index (χ4n) is 1.53. The number of hydrogen-bond donors (Lipinski definition) is 2. The Hall–Kier alpha value is -0.570. The van der Waals surface area contributed by atoms with Crippen molar-refractivity contribution >= 4 is 5.91 Å². The van der Waals surface area contributed by atoms with Gasteiger partial charge in [-0.1, -0.05) is 20.3 Å². The summed E-state index contributed by atoms with van der Waals surface area (Å²) >= 11 is 0. The molecular weight excluding hydrogens is 164 g/mol. The zero-order valence-electron chi connectivity index (χ0n) is 8.60. The standard InChI is InChI=1S/C10H20N2O/c1-3-8(2)6-10(13)12-9-4-5-11-7-9/h8-9,11H,3-7H2,1-2H3,(H,12,13). The average molecular weight is 184 g/mol. The number of rotatable bonds is 4. The number of amides is 1. The van der Waals surface area contributed by atoms with E-state index in [2.05, 4.69) is 24.5 Å². The molecule has 0 aromatic heterocycles. The molecule has 1 saturated heterocycles. The molecule has 0 spiro atoms. The molecule has 2 N–H and O–H groups in total. The van der Waals surface area contributed by atoms with Crippen molar-refractivity contribution in [3.05, 3.63) is 0 Å². The van der Waals surface area contributed by atoms with E-state index in [1.54, 1.807) is 0 Å². The van der Waals surface area contributed by atoms with Crippen LogP contribution in [-0.4, -0.2) is 25.0 Å². The van der Waals surface area contributed by atoms with Crippen molar-refractivity contribution in [1.82, 2.24) is 10.6 Å². The SMILES string of the molecule is CCC(C)CC(=O)NC1CCNC1. The molecule has 2 atom stereocenters. The molecule has 3 heteroatoms. The maximum Gasteiger partial charge on any atom is 0.220 e. The molecule has 0 aromatic rings. The summed E-state index contributed by atoms with van der Waals surface area (Å²) in [4.78, 5) is 11.4. The van der Waals surface area contributed by atoms with Gasteiger partial charge in [0, 0.05) is 19.0 Å². The van der Waals surface area contributed by atoms with Gasteiger partial charge in [0.1, 0.15) is 0 Å². The fraction of sp³-hybridized carbons (Fsp3) is 0.900. The van der Waals surface area contributed by atoms with Gasteiger partial charge in [0.05, 0.1) is 0 Å². The highest BCUT2D eigenvalue weighted by atomic mass is 16.1. The van der Waals surface area contributed by atoms with Crippen LogP contribution in [0.2, 0.25) is 0 Å². The lowest BCUT2D eigenvalue weighted by Gasteiger charge is -2.13. The number of carbonyl (C=O) groups is 1. The molecule has 1 aliphatic rings. The van der Waals surface area contributed by atoms with Gasteiger partial charge in [-0.3, -0.25) is 4.79 Å². The Morgan fingerprint density at radius 3 is 3.00 bits per heavy atom. The van der Waals surface area contributed by atoms with Crippen LogP contribution in [-0.2, 0) is 4.79 Å². The Bertz CT molecular complexity index is 164. The summed E-state index contributed by atoms with van der Waals surface area (Å²) in [6.45, 7) is 6.21. The largest absolute Gasteiger partial charge is 0.352 e. The number of nitrogens with one attached hydrogen (secondary N) is 2. The molecule has 0 saturated carbocycles. The smallest absolute Gasteiger partial charge is 0.220 e. The lowest BCUT2D eigenvalue weighted by Crippen LogP contribution is -2.36. The second kappa shape index (κ2) is 5.22. The van der Waals surface area contributed by atoms with E-state index in [1.165, 1.54) is 0 Å². The first-order chi connectivity index (χ1) is 6.22. The Morgan fingerprint density at radius 1 is 1.69 bits per heavy atom. The van der Waals surface area contributed by atoms with Crippen LogP contribution < -0.4 is 10.6 Å². The van der Waals surface area contributed by atoms with Gasteiger partial charge >= 0.3 is 0 Å². The quantitative estimate of drug-likeness (QED) is 0.681. The summed E-state index contributed by atoms with van der Waals surface area (Å²) in [6, 6.07) is 0.372. The molecule has 2 unspecified atom stereocenters. The van der Waals surface area contributed by atoms with Gasteiger partial charge in [-0.15, -0.1) is 0 Å². The van der Waals surface area contributed by atoms with Gasteiger partial charge in [-0.25, -0.2) is 0 Å². The minimum absolute atomic E-state index is 0.211. The zero-order chi connectivity index (χ0) is 9.68. The highest BCUT2D eigenvalue weighted by molar-refractivity contribution is 5.76. The summed E-state index contributed by atoms with van der Waals surface area (Å²) in [6.07, 6.45) is 2.83. The summed E-state index contributed by atoms with van der Waals surface area (Å²) in [5.41, 5.74) is 0. The lowest BCUT2D eigenvalue weighted by atomic mass is 10.0. The predicted molar refractivity (Wildman–Crippen MR) is 53.5 cm³/mol. The molecule has 1 fully saturated rings. The third-order valence-corrected chi connectivity index (χ3v) is 2.66. The van der Waals surface area contributed by atoms with Crippen molar-refractivity contribution in [3.8, 4) is 0 Å². The van der Waals surface area contributed by atoms with Crippen molar-refractivity contribution in [2.24, 2.45) is 5.92 Å². The third kappa shape index (κ3) is 3.77. The van der Waals surface area contributed by atoms with Gasteiger partial charge in [-0.2, -0.15) is 0 Å². The molecule has 3 nitrogen and oxygen atoms in total. The Kier molecular flexibility index (Phi) is 4.22. The second-order valence-corrected chi connectivity index (χ2v) is 3.97. The minimum atomic E-state index is 0.211. The highest BCUT2D eigenvalue weighted by Gasteiger charge is 2.17. The second-order valence-electron chi connectivity index (χ2n) is 3.97. The van der Waals surface area contributed by atoms with Crippen LogP contribution in [0.5, 0.6) is 0 Å². The Balaban J connectivity index is 2.16. The van der Waals surface area contributed by atoms with Crippen LogP contribution >= 0.6 is 0 Å². The van der Waals surface area contributed by atoms with E-state index < -0.39 is 0 Å². The Labute approximate surface area is 80.3 Å². The molecule has 76 valence electrons. The lowest BCUT2D eigenvalue weighted by molar-refractivity contribution is -0.122. The molecule has 1 heterocycles. The molecule has 1 amide bonds. The molecule has 0 aromatic carbocycles. The van der Waals surface area contributed by atoms with E-state index in [-0.39, 0.29) is 5.91 Å². The molecule has 1 aliphatic heterocycles. The molecule has 0 aliphatic carbocycles. The van der Waals surface area contributed by atoms with E-state index >= 15 is 0 Å². The normalized spacial score (nSPS) is 24.3. The van der Waals surface area contributed by atoms with E-state index in [9.17, 15) is 4.79 Å². The molecule has 0 radical (unpaired) electrons. The third-order valence-electron chi connectivity index (χ3n) is 2.66. The van der Waals surface area contributed by atoms with Gasteiger partial charge in [0.25, 0.3) is 0 Å². The summed E-state index contributed by atoms with van der Waals surface area (Å²) < 4.78 is 0. The number of carbonyl (C=O) groups excluding carboxylic acids is 1. The summed E-state index contributed by atoms with van der Waals surface area (Å²) in [7, 11) is 0. The van der Waals surface area contributed by atoms with E-state index in [4.69, 9.17) is 0 Å².